The van der Waals surface area contributed by atoms with E-state index in [4.69, 9.17) is 0 Å². The Morgan fingerprint density at radius 3 is 2.83 bits per heavy atom. The van der Waals surface area contributed by atoms with Crippen LogP contribution in [0.1, 0.15) is 17.5 Å². The largest absolute Gasteiger partial charge is 0.380 e. The Hall–Kier alpha value is -2.73. The van der Waals surface area contributed by atoms with Crippen molar-refractivity contribution < 1.29 is 4.79 Å². The normalized spacial score (nSPS) is 16.2. The number of aromatic nitrogens is 2. The Kier molecular flexibility index (Phi) is 5.90. The molecule has 1 aliphatic heterocycles. The van der Waals surface area contributed by atoms with E-state index in [-0.39, 0.29) is 5.91 Å². The zero-order valence-corrected chi connectivity index (χ0v) is 17.7. The van der Waals surface area contributed by atoms with Crippen LogP contribution in [0.5, 0.6) is 0 Å². The van der Waals surface area contributed by atoms with Crippen LogP contribution in [0.2, 0.25) is 0 Å². The number of likely N-dealkylation sites (tertiary alicyclic amines) is 1. The molecule has 0 aliphatic carbocycles. The lowest BCUT2D eigenvalue weighted by atomic mass is 10.1. The van der Waals surface area contributed by atoms with Crippen molar-refractivity contribution in [3.63, 3.8) is 0 Å². The zero-order valence-electron chi connectivity index (χ0n) is 16.8. The van der Waals surface area contributed by atoms with Gasteiger partial charge in [0.2, 0.25) is 5.91 Å². The number of amides is 1. The molecule has 6 heteroatoms. The van der Waals surface area contributed by atoms with Gasteiger partial charge < -0.3 is 10.2 Å². The number of aryl methyl sites for hydroxylation is 1. The molecule has 0 saturated carbocycles. The molecular formula is C23H26N4OS. The van der Waals surface area contributed by atoms with Crippen molar-refractivity contribution >= 4 is 23.4 Å². The molecule has 0 radical (unpaired) electrons. The fourth-order valence-corrected chi connectivity index (χ4v) is 4.54. The van der Waals surface area contributed by atoms with Crippen molar-refractivity contribution in [3.8, 4) is 5.69 Å². The number of imidazole rings is 1. The summed E-state index contributed by atoms with van der Waals surface area (Å²) < 4.78 is 2.07. The average molecular weight is 407 g/mol. The van der Waals surface area contributed by atoms with Crippen molar-refractivity contribution in [2.45, 2.75) is 31.5 Å². The van der Waals surface area contributed by atoms with Crippen LogP contribution in [0, 0.1) is 13.8 Å². The van der Waals surface area contributed by atoms with Gasteiger partial charge in [0, 0.05) is 37.2 Å². The van der Waals surface area contributed by atoms with E-state index in [2.05, 4.69) is 59.0 Å². The molecule has 150 valence electrons. The first-order valence-corrected chi connectivity index (χ1v) is 10.9. The summed E-state index contributed by atoms with van der Waals surface area (Å²) in [5.41, 5.74) is 4.70. The Morgan fingerprint density at radius 1 is 1.17 bits per heavy atom. The number of carbonyl (C=O) groups is 1. The number of nitrogens with one attached hydrogen (secondary N) is 1. The van der Waals surface area contributed by atoms with Gasteiger partial charge in [-0.2, -0.15) is 0 Å². The van der Waals surface area contributed by atoms with E-state index < -0.39 is 0 Å². The van der Waals surface area contributed by atoms with E-state index in [0.29, 0.717) is 11.8 Å². The van der Waals surface area contributed by atoms with E-state index in [0.717, 1.165) is 36.0 Å². The molecule has 0 bridgehead atoms. The summed E-state index contributed by atoms with van der Waals surface area (Å²) in [7, 11) is 0. The van der Waals surface area contributed by atoms with E-state index in [9.17, 15) is 4.79 Å². The second kappa shape index (κ2) is 8.74. The SMILES string of the molecule is Cc1cccc(-n2ccnc2SCC(=O)N2CCC(Nc3ccccc3)C2)c1C. The molecule has 1 unspecified atom stereocenters. The van der Waals surface area contributed by atoms with Gasteiger partial charge in [-0.25, -0.2) is 4.98 Å². The van der Waals surface area contributed by atoms with Gasteiger partial charge in [-0.3, -0.25) is 9.36 Å². The maximum atomic E-state index is 12.7. The summed E-state index contributed by atoms with van der Waals surface area (Å²) in [6.07, 6.45) is 4.73. The molecule has 1 saturated heterocycles. The lowest BCUT2D eigenvalue weighted by molar-refractivity contribution is -0.127. The highest BCUT2D eigenvalue weighted by molar-refractivity contribution is 7.99. The molecule has 29 heavy (non-hydrogen) atoms. The van der Waals surface area contributed by atoms with Gasteiger partial charge >= 0.3 is 0 Å². The number of benzene rings is 2. The van der Waals surface area contributed by atoms with Gasteiger partial charge in [0.15, 0.2) is 5.16 Å². The van der Waals surface area contributed by atoms with Gasteiger partial charge in [-0.05, 0) is 49.6 Å². The highest BCUT2D eigenvalue weighted by Gasteiger charge is 2.26. The second-order valence-corrected chi connectivity index (χ2v) is 8.37. The quantitative estimate of drug-likeness (QED) is 0.621. The minimum Gasteiger partial charge on any atom is -0.380 e. The minimum absolute atomic E-state index is 0.169. The fourth-order valence-electron chi connectivity index (χ4n) is 3.67. The summed E-state index contributed by atoms with van der Waals surface area (Å²) in [5, 5.41) is 4.37. The molecule has 2 aromatic carbocycles. The Bertz CT molecular complexity index is 986. The van der Waals surface area contributed by atoms with Crippen LogP contribution < -0.4 is 5.32 Å². The van der Waals surface area contributed by atoms with E-state index in [1.165, 1.54) is 22.9 Å². The third kappa shape index (κ3) is 4.48. The number of hydrogen-bond acceptors (Lipinski definition) is 4. The first-order valence-electron chi connectivity index (χ1n) is 9.94. The molecule has 3 aromatic rings. The van der Waals surface area contributed by atoms with Crippen LogP contribution in [-0.4, -0.2) is 45.2 Å². The number of hydrogen-bond donors (Lipinski definition) is 1. The predicted octanol–water partition coefficient (Wildman–Crippen LogP) is 4.29. The summed E-state index contributed by atoms with van der Waals surface area (Å²) >= 11 is 1.50. The van der Waals surface area contributed by atoms with Crippen molar-refractivity contribution in [1.29, 1.82) is 0 Å². The average Bonchev–Trinajstić information content (AvgIpc) is 3.39. The van der Waals surface area contributed by atoms with Crippen molar-refractivity contribution in [2.24, 2.45) is 0 Å². The highest BCUT2D eigenvalue weighted by atomic mass is 32.2. The monoisotopic (exact) mass is 406 g/mol. The second-order valence-electron chi connectivity index (χ2n) is 7.42. The van der Waals surface area contributed by atoms with Gasteiger partial charge in [-0.1, -0.05) is 42.1 Å². The first-order chi connectivity index (χ1) is 14.1. The number of anilines is 1. The third-order valence-corrected chi connectivity index (χ3v) is 6.40. The number of carbonyl (C=O) groups excluding carboxylic acids is 1. The molecule has 1 aliphatic rings. The van der Waals surface area contributed by atoms with E-state index in [1.54, 1.807) is 6.20 Å². The molecular weight excluding hydrogens is 380 g/mol. The Morgan fingerprint density at radius 2 is 2.00 bits per heavy atom. The number of para-hydroxylation sites is 1. The Labute approximate surface area is 176 Å². The molecule has 4 rings (SSSR count). The van der Waals surface area contributed by atoms with Gasteiger partial charge in [0.05, 0.1) is 11.4 Å². The lowest BCUT2D eigenvalue weighted by Crippen LogP contribution is -2.32. The van der Waals surface area contributed by atoms with Crippen LogP contribution >= 0.6 is 11.8 Å². The zero-order chi connectivity index (χ0) is 20.2. The molecule has 1 fully saturated rings. The smallest absolute Gasteiger partial charge is 0.233 e. The molecule has 0 spiro atoms. The van der Waals surface area contributed by atoms with Crippen LogP contribution in [0.3, 0.4) is 0 Å². The number of thioether (sulfide) groups is 1. The number of nitrogens with zero attached hydrogens (tertiary/aromatic N) is 3. The minimum atomic E-state index is 0.169. The Balaban J connectivity index is 1.35. The lowest BCUT2D eigenvalue weighted by Gasteiger charge is -2.18. The molecule has 5 nitrogen and oxygen atoms in total. The van der Waals surface area contributed by atoms with Gasteiger partial charge in [-0.15, -0.1) is 0 Å². The van der Waals surface area contributed by atoms with E-state index in [1.807, 2.05) is 29.3 Å². The third-order valence-electron chi connectivity index (χ3n) is 5.45. The van der Waals surface area contributed by atoms with Crippen LogP contribution in [0.25, 0.3) is 5.69 Å². The maximum absolute atomic E-state index is 12.7. The van der Waals surface area contributed by atoms with E-state index >= 15 is 0 Å². The highest BCUT2D eigenvalue weighted by Crippen LogP contribution is 2.25. The van der Waals surface area contributed by atoms with Crippen LogP contribution in [0.15, 0.2) is 66.1 Å². The standard InChI is InChI=1S/C23H26N4OS/c1-17-7-6-10-21(18(17)2)27-14-12-24-23(27)29-16-22(28)26-13-11-20(15-26)25-19-8-4-3-5-9-19/h3-10,12,14,20,25H,11,13,15-16H2,1-2H3. The summed E-state index contributed by atoms with van der Waals surface area (Å²) in [6, 6.07) is 16.7. The maximum Gasteiger partial charge on any atom is 0.233 e. The van der Waals surface area contributed by atoms with Crippen molar-refractivity contribution in [1.82, 2.24) is 14.5 Å². The molecule has 2 heterocycles. The topological polar surface area (TPSA) is 50.2 Å². The summed E-state index contributed by atoms with van der Waals surface area (Å²) in [6.45, 7) is 5.78. The van der Waals surface area contributed by atoms with Gasteiger partial charge in [0.25, 0.3) is 0 Å². The predicted molar refractivity (Wildman–Crippen MR) is 119 cm³/mol. The molecule has 1 N–H and O–H groups in total. The summed E-state index contributed by atoms with van der Waals surface area (Å²) in [4.78, 5) is 19.2. The van der Waals surface area contributed by atoms with Crippen molar-refractivity contribution in [2.75, 3.05) is 24.2 Å². The molecule has 1 aromatic heterocycles. The molecule has 1 atom stereocenters. The molecule has 1 amide bonds. The fraction of sp³-hybridized carbons (Fsp3) is 0.304. The number of rotatable bonds is 6. The van der Waals surface area contributed by atoms with Crippen molar-refractivity contribution in [3.05, 3.63) is 72.1 Å². The summed E-state index contributed by atoms with van der Waals surface area (Å²) in [5.74, 6) is 0.572. The van der Waals surface area contributed by atoms with Gasteiger partial charge in [0.1, 0.15) is 0 Å². The van der Waals surface area contributed by atoms with Crippen LogP contribution in [0.4, 0.5) is 5.69 Å². The van der Waals surface area contributed by atoms with Crippen LogP contribution in [-0.2, 0) is 4.79 Å². The first kappa shape index (κ1) is 19.6.